The maximum absolute atomic E-state index is 13.1. The van der Waals surface area contributed by atoms with Gasteiger partial charge in [0, 0.05) is 4.70 Å². The standard InChI is InChI=1S/C11H9FO2S/c1-5-3-7(12)4-8-9(5)6(2)10(15-8)11(13)14/h3-4H,1-2H3,(H,13,14). The predicted octanol–water partition coefficient (Wildman–Crippen LogP) is 3.36. The fourth-order valence-electron chi connectivity index (χ4n) is 1.78. The first-order valence-electron chi connectivity index (χ1n) is 4.43. The number of hydrogen-bond donors (Lipinski definition) is 1. The summed E-state index contributed by atoms with van der Waals surface area (Å²) in [6, 6.07) is 2.81. The SMILES string of the molecule is Cc1cc(F)cc2sc(C(=O)O)c(C)c12. The number of benzene rings is 1. The van der Waals surface area contributed by atoms with E-state index in [1.54, 1.807) is 13.8 Å². The second kappa shape index (κ2) is 3.31. The second-order valence-electron chi connectivity index (χ2n) is 3.46. The summed E-state index contributed by atoms with van der Waals surface area (Å²) >= 11 is 1.12. The summed E-state index contributed by atoms with van der Waals surface area (Å²) in [7, 11) is 0. The minimum atomic E-state index is -0.950. The average molecular weight is 224 g/mol. The summed E-state index contributed by atoms with van der Waals surface area (Å²) in [5.41, 5.74) is 1.51. The van der Waals surface area contributed by atoms with Crippen molar-refractivity contribution in [1.82, 2.24) is 0 Å². The van der Waals surface area contributed by atoms with E-state index in [2.05, 4.69) is 0 Å². The van der Waals surface area contributed by atoms with Crippen LogP contribution in [0.15, 0.2) is 12.1 Å². The molecule has 0 aliphatic carbocycles. The molecule has 1 aromatic heterocycles. The van der Waals surface area contributed by atoms with E-state index in [-0.39, 0.29) is 5.82 Å². The molecule has 2 rings (SSSR count). The van der Waals surface area contributed by atoms with Crippen molar-refractivity contribution in [1.29, 1.82) is 0 Å². The Morgan fingerprint density at radius 1 is 1.40 bits per heavy atom. The van der Waals surface area contributed by atoms with E-state index in [9.17, 15) is 9.18 Å². The molecule has 15 heavy (non-hydrogen) atoms. The topological polar surface area (TPSA) is 37.3 Å². The van der Waals surface area contributed by atoms with Crippen LogP contribution in [0.4, 0.5) is 4.39 Å². The number of carboxylic acids is 1. The predicted molar refractivity (Wildman–Crippen MR) is 58.2 cm³/mol. The van der Waals surface area contributed by atoms with E-state index >= 15 is 0 Å². The van der Waals surface area contributed by atoms with Gasteiger partial charge in [0.1, 0.15) is 10.7 Å². The van der Waals surface area contributed by atoms with Gasteiger partial charge in [-0.25, -0.2) is 9.18 Å². The minimum Gasteiger partial charge on any atom is -0.477 e. The van der Waals surface area contributed by atoms with Crippen LogP contribution in [0, 0.1) is 19.7 Å². The van der Waals surface area contributed by atoms with Gasteiger partial charge in [0.2, 0.25) is 0 Å². The Balaban J connectivity index is 2.88. The van der Waals surface area contributed by atoms with Crippen LogP contribution in [0.25, 0.3) is 10.1 Å². The van der Waals surface area contributed by atoms with Crippen LogP contribution in [0.5, 0.6) is 0 Å². The molecule has 0 spiro atoms. The molecule has 0 aliphatic heterocycles. The molecule has 0 saturated carbocycles. The molecule has 78 valence electrons. The van der Waals surface area contributed by atoms with Gasteiger partial charge < -0.3 is 5.11 Å². The van der Waals surface area contributed by atoms with Crippen molar-refractivity contribution in [3.05, 3.63) is 34.0 Å². The number of halogens is 1. The third-order valence-corrected chi connectivity index (χ3v) is 3.61. The molecule has 0 radical (unpaired) electrons. The van der Waals surface area contributed by atoms with Gasteiger partial charge in [-0.2, -0.15) is 0 Å². The van der Waals surface area contributed by atoms with E-state index in [0.717, 1.165) is 27.8 Å². The maximum atomic E-state index is 13.1. The second-order valence-corrected chi connectivity index (χ2v) is 4.51. The molecule has 0 amide bonds. The third-order valence-electron chi connectivity index (χ3n) is 2.39. The Hall–Kier alpha value is -1.42. The number of aryl methyl sites for hydroxylation is 2. The Morgan fingerprint density at radius 3 is 2.67 bits per heavy atom. The van der Waals surface area contributed by atoms with Gasteiger partial charge in [0.15, 0.2) is 0 Å². The highest BCUT2D eigenvalue weighted by molar-refractivity contribution is 7.21. The number of carboxylic acid groups (broad SMARTS) is 1. The van der Waals surface area contributed by atoms with Gasteiger partial charge in [0.25, 0.3) is 0 Å². The van der Waals surface area contributed by atoms with Crippen LogP contribution in [0.2, 0.25) is 0 Å². The summed E-state index contributed by atoms with van der Waals surface area (Å²) < 4.78 is 13.8. The lowest BCUT2D eigenvalue weighted by atomic mass is 10.1. The molecular weight excluding hydrogens is 215 g/mol. The Bertz CT molecular complexity index is 557. The summed E-state index contributed by atoms with van der Waals surface area (Å²) in [6.45, 7) is 3.55. The van der Waals surface area contributed by atoms with E-state index in [4.69, 9.17) is 5.11 Å². The van der Waals surface area contributed by atoms with Crippen LogP contribution in [0.1, 0.15) is 20.8 Å². The zero-order chi connectivity index (χ0) is 11.2. The largest absolute Gasteiger partial charge is 0.477 e. The molecular formula is C11H9FO2S. The van der Waals surface area contributed by atoms with Gasteiger partial charge in [-0.05, 0) is 42.5 Å². The summed E-state index contributed by atoms with van der Waals surface area (Å²) in [4.78, 5) is 11.2. The normalized spacial score (nSPS) is 10.9. The van der Waals surface area contributed by atoms with Crippen molar-refractivity contribution in [3.63, 3.8) is 0 Å². The van der Waals surface area contributed by atoms with E-state index in [1.807, 2.05) is 0 Å². The smallest absolute Gasteiger partial charge is 0.346 e. The molecule has 1 aromatic carbocycles. The fourth-order valence-corrected chi connectivity index (χ4v) is 2.93. The lowest BCUT2D eigenvalue weighted by molar-refractivity contribution is 0.0701. The van der Waals surface area contributed by atoms with Gasteiger partial charge >= 0.3 is 5.97 Å². The Labute approximate surface area is 90.0 Å². The number of carbonyl (C=O) groups is 1. The van der Waals surface area contributed by atoms with Crippen LogP contribution >= 0.6 is 11.3 Å². The molecule has 2 nitrogen and oxygen atoms in total. The van der Waals surface area contributed by atoms with Crippen molar-refractivity contribution in [3.8, 4) is 0 Å². The summed E-state index contributed by atoms with van der Waals surface area (Å²) in [6.07, 6.45) is 0. The highest BCUT2D eigenvalue weighted by Gasteiger charge is 2.16. The van der Waals surface area contributed by atoms with Gasteiger partial charge in [0.05, 0.1) is 0 Å². The molecule has 0 unspecified atom stereocenters. The number of rotatable bonds is 1. The third kappa shape index (κ3) is 1.51. The van der Waals surface area contributed by atoms with Crippen molar-refractivity contribution in [2.45, 2.75) is 13.8 Å². The van der Waals surface area contributed by atoms with Crippen molar-refractivity contribution in [2.24, 2.45) is 0 Å². The first kappa shape index (κ1) is 10.1. The van der Waals surface area contributed by atoms with Crippen LogP contribution in [-0.4, -0.2) is 11.1 Å². The average Bonchev–Trinajstić information content (AvgIpc) is 2.42. The lowest BCUT2D eigenvalue weighted by Crippen LogP contribution is -1.93. The van der Waals surface area contributed by atoms with Crippen LogP contribution in [0.3, 0.4) is 0 Å². The number of aromatic carboxylic acids is 1. The van der Waals surface area contributed by atoms with Crippen LogP contribution < -0.4 is 0 Å². The van der Waals surface area contributed by atoms with E-state index in [1.165, 1.54) is 12.1 Å². The van der Waals surface area contributed by atoms with Crippen LogP contribution in [-0.2, 0) is 0 Å². The van der Waals surface area contributed by atoms with E-state index in [0.29, 0.717) is 9.58 Å². The van der Waals surface area contributed by atoms with E-state index < -0.39 is 5.97 Å². The molecule has 0 atom stereocenters. The molecule has 0 fully saturated rings. The first-order chi connectivity index (χ1) is 7.00. The highest BCUT2D eigenvalue weighted by atomic mass is 32.1. The quantitative estimate of drug-likeness (QED) is 0.806. The molecule has 0 bridgehead atoms. The van der Waals surface area contributed by atoms with Crippen molar-refractivity contribution >= 4 is 27.4 Å². The lowest BCUT2D eigenvalue weighted by Gasteiger charge is -1.98. The number of fused-ring (bicyclic) bond motifs is 1. The molecule has 1 heterocycles. The van der Waals surface area contributed by atoms with Crippen molar-refractivity contribution in [2.75, 3.05) is 0 Å². The van der Waals surface area contributed by atoms with Gasteiger partial charge in [-0.3, -0.25) is 0 Å². The number of hydrogen-bond acceptors (Lipinski definition) is 2. The monoisotopic (exact) mass is 224 g/mol. The zero-order valence-electron chi connectivity index (χ0n) is 8.30. The first-order valence-corrected chi connectivity index (χ1v) is 5.25. The molecule has 4 heteroatoms. The molecule has 0 aliphatic rings. The van der Waals surface area contributed by atoms with Crippen molar-refractivity contribution < 1.29 is 14.3 Å². The Kier molecular flexibility index (Phi) is 2.23. The fraction of sp³-hybridized carbons (Fsp3) is 0.182. The number of thiophene rings is 1. The van der Waals surface area contributed by atoms with Gasteiger partial charge in [-0.1, -0.05) is 0 Å². The highest BCUT2D eigenvalue weighted by Crippen LogP contribution is 2.33. The Morgan fingerprint density at radius 2 is 2.07 bits per heavy atom. The van der Waals surface area contributed by atoms with Gasteiger partial charge in [-0.15, -0.1) is 11.3 Å². The zero-order valence-corrected chi connectivity index (χ0v) is 9.11. The molecule has 0 saturated heterocycles. The molecule has 1 N–H and O–H groups in total. The summed E-state index contributed by atoms with van der Waals surface area (Å²) in [5.74, 6) is -1.27. The maximum Gasteiger partial charge on any atom is 0.346 e. The summed E-state index contributed by atoms with van der Waals surface area (Å²) in [5, 5.41) is 9.80. The molecule has 2 aromatic rings. The minimum absolute atomic E-state index is 0.290.